The molecule has 0 saturated heterocycles. The highest BCUT2D eigenvalue weighted by atomic mass is 14.9. The summed E-state index contributed by atoms with van der Waals surface area (Å²) in [7, 11) is 0. The minimum absolute atomic E-state index is 0.842. The molecular formula is C10H16N2. The molecule has 0 amide bonds. The maximum atomic E-state index is 5.85. The molecule has 0 saturated carbocycles. The number of nitrogens with two attached hydrogens (primary N) is 1. The molecule has 1 aromatic carbocycles. The van der Waals surface area contributed by atoms with E-state index in [1.165, 1.54) is 11.1 Å². The van der Waals surface area contributed by atoms with Crippen molar-refractivity contribution in [1.82, 2.24) is 0 Å². The number of rotatable bonds is 2. The molecule has 0 aliphatic rings. The van der Waals surface area contributed by atoms with Gasteiger partial charge in [-0.25, -0.2) is 0 Å². The van der Waals surface area contributed by atoms with E-state index in [0.29, 0.717) is 0 Å². The van der Waals surface area contributed by atoms with Gasteiger partial charge in [0, 0.05) is 6.54 Å². The predicted molar refractivity (Wildman–Crippen MR) is 54.5 cm³/mol. The summed E-state index contributed by atoms with van der Waals surface area (Å²) in [6.45, 7) is 7.10. The van der Waals surface area contributed by atoms with Crippen molar-refractivity contribution in [2.24, 2.45) is 0 Å². The molecule has 0 unspecified atom stereocenters. The summed E-state index contributed by atoms with van der Waals surface area (Å²) in [4.78, 5) is 0. The Labute approximate surface area is 73.8 Å². The average Bonchev–Trinajstić information content (AvgIpc) is 1.96. The Morgan fingerprint density at radius 3 is 2.50 bits per heavy atom. The number of aryl methyl sites for hydroxylation is 2. The summed E-state index contributed by atoms with van der Waals surface area (Å²) >= 11 is 0. The molecule has 0 aliphatic carbocycles. The van der Waals surface area contributed by atoms with Gasteiger partial charge >= 0.3 is 0 Å². The molecule has 1 aromatic rings. The van der Waals surface area contributed by atoms with E-state index in [-0.39, 0.29) is 0 Å². The van der Waals surface area contributed by atoms with Crippen LogP contribution in [0.2, 0.25) is 0 Å². The van der Waals surface area contributed by atoms with Crippen LogP contribution in [0.4, 0.5) is 11.4 Å². The fraction of sp³-hybridized carbons (Fsp3) is 0.400. The van der Waals surface area contributed by atoms with Crippen LogP contribution in [0.5, 0.6) is 0 Å². The van der Waals surface area contributed by atoms with E-state index in [1.807, 2.05) is 6.07 Å². The zero-order valence-electron chi connectivity index (χ0n) is 7.94. The van der Waals surface area contributed by atoms with E-state index in [2.05, 4.69) is 32.2 Å². The lowest BCUT2D eigenvalue weighted by molar-refractivity contribution is 1.20. The number of benzene rings is 1. The molecule has 2 nitrogen and oxygen atoms in total. The highest BCUT2D eigenvalue weighted by Gasteiger charge is 2.01. The van der Waals surface area contributed by atoms with E-state index in [9.17, 15) is 0 Å². The lowest BCUT2D eigenvalue weighted by Crippen LogP contribution is -2.03. The van der Waals surface area contributed by atoms with Gasteiger partial charge in [-0.3, -0.25) is 0 Å². The Hall–Kier alpha value is -1.18. The maximum Gasteiger partial charge on any atom is 0.0603 e. The molecule has 0 bridgehead atoms. The normalized spacial score (nSPS) is 9.92. The Morgan fingerprint density at radius 2 is 2.00 bits per heavy atom. The van der Waals surface area contributed by atoms with E-state index in [4.69, 9.17) is 5.73 Å². The zero-order chi connectivity index (χ0) is 9.14. The van der Waals surface area contributed by atoms with Crippen molar-refractivity contribution in [2.45, 2.75) is 20.8 Å². The van der Waals surface area contributed by atoms with Crippen molar-refractivity contribution >= 4 is 11.4 Å². The first-order chi connectivity index (χ1) is 5.65. The fourth-order valence-electron chi connectivity index (χ4n) is 1.42. The number of nitrogen functional groups attached to an aromatic ring is 1. The molecule has 1 rings (SSSR count). The van der Waals surface area contributed by atoms with Gasteiger partial charge in [0.25, 0.3) is 0 Å². The first-order valence-corrected chi connectivity index (χ1v) is 4.25. The summed E-state index contributed by atoms with van der Waals surface area (Å²) in [5.74, 6) is 0. The molecule has 0 radical (unpaired) electrons. The molecule has 0 heterocycles. The van der Waals surface area contributed by atoms with E-state index >= 15 is 0 Å². The third-order valence-corrected chi connectivity index (χ3v) is 1.86. The van der Waals surface area contributed by atoms with Crippen LogP contribution in [0.3, 0.4) is 0 Å². The lowest BCUT2D eigenvalue weighted by Gasteiger charge is -2.11. The van der Waals surface area contributed by atoms with Crippen molar-refractivity contribution in [3.05, 3.63) is 23.3 Å². The molecule has 0 aromatic heterocycles. The van der Waals surface area contributed by atoms with Crippen LogP contribution in [-0.2, 0) is 0 Å². The van der Waals surface area contributed by atoms with E-state index < -0.39 is 0 Å². The predicted octanol–water partition coefficient (Wildman–Crippen LogP) is 2.32. The molecule has 0 fully saturated rings. The molecular weight excluding hydrogens is 148 g/mol. The minimum Gasteiger partial charge on any atom is -0.397 e. The van der Waals surface area contributed by atoms with Crippen molar-refractivity contribution in [3.63, 3.8) is 0 Å². The quantitative estimate of drug-likeness (QED) is 0.658. The van der Waals surface area contributed by atoms with Crippen LogP contribution in [0.25, 0.3) is 0 Å². The third kappa shape index (κ3) is 1.70. The Bertz CT molecular complexity index is 256. The molecule has 66 valence electrons. The van der Waals surface area contributed by atoms with Crippen molar-refractivity contribution in [1.29, 1.82) is 0 Å². The summed E-state index contributed by atoms with van der Waals surface area (Å²) in [6, 6.07) is 4.12. The van der Waals surface area contributed by atoms with Gasteiger partial charge in [0.05, 0.1) is 11.4 Å². The second-order valence-electron chi connectivity index (χ2n) is 3.08. The van der Waals surface area contributed by atoms with Gasteiger partial charge < -0.3 is 11.1 Å². The zero-order valence-corrected chi connectivity index (χ0v) is 7.94. The highest BCUT2D eigenvalue weighted by molar-refractivity contribution is 5.70. The summed E-state index contributed by atoms with van der Waals surface area (Å²) in [6.07, 6.45) is 0. The van der Waals surface area contributed by atoms with Gasteiger partial charge in [-0.15, -0.1) is 0 Å². The molecule has 0 aliphatic heterocycles. The SMILES string of the molecule is CCNc1c(C)cc(C)cc1N. The molecule has 3 N–H and O–H groups in total. The lowest BCUT2D eigenvalue weighted by atomic mass is 10.1. The van der Waals surface area contributed by atoms with Gasteiger partial charge in [-0.05, 0) is 38.0 Å². The van der Waals surface area contributed by atoms with Crippen LogP contribution in [-0.4, -0.2) is 6.54 Å². The third-order valence-electron chi connectivity index (χ3n) is 1.86. The number of hydrogen-bond donors (Lipinski definition) is 2. The second-order valence-corrected chi connectivity index (χ2v) is 3.08. The van der Waals surface area contributed by atoms with Crippen LogP contribution in [0.1, 0.15) is 18.1 Å². The minimum atomic E-state index is 0.842. The van der Waals surface area contributed by atoms with Gasteiger partial charge in [-0.1, -0.05) is 6.07 Å². The van der Waals surface area contributed by atoms with E-state index in [0.717, 1.165) is 17.9 Å². The highest BCUT2D eigenvalue weighted by Crippen LogP contribution is 2.24. The van der Waals surface area contributed by atoms with Crippen molar-refractivity contribution in [2.75, 3.05) is 17.6 Å². The van der Waals surface area contributed by atoms with Crippen molar-refractivity contribution in [3.8, 4) is 0 Å². The monoisotopic (exact) mass is 164 g/mol. The Kier molecular flexibility index (Phi) is 2.58. The summed E-state index contributed by atoms with van der Waals surface area (Å²) < 4.78 is 0. The number of anilines is 2. The first-order valence-electron chi connectivity index (χ1n) is 4.25. The molecule has 0 atom stereocenters. The van der Waals surface area contributed by atoms with Crippen LogP contribution < -0.4 is 11.1 Å². The molecule has 2 heteroatoms. The molecule has 0 spiro atoms. The Balaban J connectivity index is 3.10. The van der Waals surface area contributed by atoms with Gasteiger partial charge in [0.15, 0.2) is 0 Å². The van der Waals surface area contributed by atoms with Crippen LogP contribution in [0, 0.1) is 13.8 Å². The smallest absolute Gasteiger partial charge is 0.0603 e. The Morgan fingerprint density at radius 1 is 1.33 bits per heavy atom. The molecule has 12 heavy (non-hydrogen) atoms. The van der Waals surface area contributed by atoms with Gasteiger partial charge in [-0.2, -0.15) is 0 Å². The standard InChI is InChI=1S/C10H16N2/c1-4-12-10-8(3)5-7(2)6-9(10)11/h5-6,12H,4,11H2,1-3H3. The second kappa shape index (κ2) is 3.48. The van der Waals surface area contributed by atoms with Crippen LogP contribution >= 0.6 is 0 Å². The summed E-state index contributed by atoms with van der Waals surface area (Å²) in [5.41, 5.74) is 10.2. The number of hydrogen-bond acceptors (Lipinski definition) is 2. The van der Waals surface area contributed by atoms with Crippen molar-refractivity contribution < 1.29 is 0 Å². The topological polar surface area (TPSA) is 38.0 Å². The number of nitrogens with one attached hydrogen (secondary N) is 1. The van der Waals surface area contributed by atoms with Gasteiger partial charge in [0.1, 0.15) is 0 Å². The fourth-order valence-corrected chi connectivity index (χ4v) is 1.42. The summed E-state index contributed by atoms with van der Waals surface area (Å²) in [5, 5.41) is 3.25. The first kappa shape index (κ1) is 8.91. The van der Waals surface area contributed by atoms with E-state index in [1.54, 1.807) is 0 Å². The largest absolute Gasteiger partial charge is 0.397 e. The average molecular weight is 164 g/mol. The van der Waals surface area contributed by atoms with Crippen LogP contribution in [0.15, 0.2) is 12.1 Å². The van der Waals surface area contributed by atoms with Gasteiger partial charge in [0.2, 0.25) is 0 Å². The maximum absolute atomic E-state index is 5.85.